The molecule has 78 valence electrons. The van der Waals surface area contributed by atoms with E-state index in [2.05, 4.69) is 29.9 Å². The van der Waals surface area contributed by atoms with Crippen molar-refractivity contribution in [2.75, 3.05) is 11.1 Å². The molecule has 0 aromatic carbocycles. The molecule has 0 fully saturated rings. The first-order chi connectivity index (χ1) is 7.25. The third kappa shape index (κ3) is 2.32. The third-order valence-electron chi connectivity index (χ3n) is 1.61. The van der Waals surface area contributed by atoms with Crippen molar-refractivity contribution in [3.05, 3.63) is 23.7 Å². The number of nitrogens with one attached hydrogen (secondary N) is 1. The van der Waals surface area contributed by atoms with Crippen molar-refractivity contribution < 1.29 is 4.52 Å². The van der Waals surface area contributed by atoms with Gasteiger partial charge >= 0.3 is 0 Å². The van der Waals surface area contributed by atoms with E-state index in [0.717, 1.165) is 0 Å². The first-order valence-electron chi connectivity index (χ1n) is 4.03. The maximum atomic E-state index is 5.62. The van der Waals surface area contributed by atoms with Gasteiger partial charge in [0.05, 0.1) is 18.4 Å². The third-order valence-corrected chi connectivity index (χ3v) is 1.79. The molecule has 3 N–H and O–H groups in total. The quantitative estimate of drug-likeness (QED) is 0.743. The summed E-state index contributed by atoms with van der Waals surface area (Å²) in [5.74, 6) is 0.948. The Morgan fingerprint density at radius 1 is 1.47 bits per heavy atom. The van der Waals surface area contributed by atoms with E-state index < -0.39 is 0 Å². The number of nitrogens with two attached hydrogens (primary N) is 1. The zero-order valence-corrected chi connectivity index (χ0v) is 8.27. The Bertz CT molecular complexity index is 445. The average Bonchev–Trinajstić information content (AvgIpc) is 2.72. The summed E-state index contributed by atoms with van der Waals surface area (Å²) in [6.45, 7) is 0.355. The molecule has 8 heteroatoms. The van der Waals surface area contributed by atoms with Crippen molar-refractivity contribution in [1.29, 1.82) is 0 Å². The fourth-order valence-electron chi connectivity index (χ4n) is 0.944. The Morgan fingerprint density at radius 3 is 3.07 bits per heavy atom. The van der Waals surface area contributed by atoms with Gasteiger partial charge in [0.15, 0.2) is 11.6 Å². The molecule has 0 amide bonds. The Labute approximate surface area is 89.7 Å². The molecule has 15 heavy (non-hydrogen) atoms. The minimum Gasteiger partial charge on any atom is -0.394 e. The molecule has 0 radical (unpaired) electrons. The predicted octanol–water partition coefficient (Wildman–Crippen LogP) is 0.707. The van der Waals surface area contributed by atoms with Crippen LogP contribution in [0.25, 0.3) is 0 Å². The lowest BCUT2D eigenvalue weighted by Gasteiger charge is -2.05. The van der Waals surface area contributed by atoms with Crippen molar-refractivity contribution in [1.82, 2.24) is 20.1 Å². The zero-order valence-electron chi connectivity index (χ0n) is 7.51. The summed E-state index contributed by atoms with van der Waals surface area (Å²) < 4.78 is 4.57. The van der Waals surface area contributed by atoms with E-state index in [1.807, 2.05) is 0 Å². The monoisotopic (exact) mass is 226 g/mol. The van der Waals surface area contributed by atoms with E-state index in [-0.39, 0.29) is 5.28 Å². The number of aromatic nitrogens is 4. The number of hydrogen-bond donors (Lipinski definition) is 2. The summed E-state index contributed by atoms with van der Waals surface area (Å²) >= 11 is 5.61. The summed E-state index contributed by atoms with van der Waals surface area (Å²) in [6, 6.07) is 0. The highest BCUT2D eigenvalue weighted by atomic mass is 35.5. The molecule has 2 aromatic rings. The van der Waals surface area contributed by atoms with Crippen molar-refractivity contribution in [2.45, 2.75) is 6.54 Å². The topological polar surface area (TPSA) is 103 Å². The van der Waals surface area contributed by atoms with Crippen molar-refractivity contribution >= 4 is 23.1 Å². The van der Waals surface area contributed by atoms with E-state index in [1.165, 1.54) is 12.6 Å². The minimum absolute atomic E-state index is 0.125. The summed E-state index contributed by atoms with van der Waals surface area (Å²) in [5.41, 5.74) is 6.02. The molecule has 0 saturated heterocycles. The number of rotatable bonds is 3. The number of anilines is 2. The zero-order chi connectivity index (χ0) is 10.7. The van der Waals surface area contributed by atoms with Gasteiger partial charge in [-0.25, -0.2) is 4.98 Å². The molecular formula is C7H7ClN6O. The largest absolute Gasteiger partial charge is 0.394 e. The van der Waals surface area contributed by atoms with Crippen LogP contribution in [0.2, 0.25) is 5.28 Å². The highest BCUT2D eigenvalue weighted by molar-refractivity contribution is 6.28. The second-order valence-electron chi connectivity index (χ2n) is 2.64. The second-order valence-corrected chi connectivity index (χ2v) is 2.98. The predicted molar refractivity (Wildman–Crippen MR) is 53.1 cm³/mol. The first kappa shape index (κ1) is 9.66. The van der Waals surface area contributed by atoms with E-state index in [0.29, 0.717) is 23.9 Å². The van der Waals surface area contributed by atoms with Crippen LogP contribution in [0.1, 0.15) is 5.82 Å². The van der Waals surface area contributed by atoms with Gasteiger partial charge in [-0.1, -0.05) is 5.16 Å². The Morgan fingerprint density at radius 2 is 2.33 bits per heavy atom. The molecule has 0 atom stereocenters. The van der Waals surface area contributed by atoms with Crippen LogP contribution >= 0.6 is 11.6 Å². The van der Waals surface area contributed by atoms with Gasteiger partial charge in [-0.3, -0.25) is 0 Å². The van der Waals surface area contributed by atoms with Crippen LogP contribution in [0.3, 0.4) is 0 Å². The van der Waals surface area contributed by atoms with Crippen LogP contribution in [-0.2, 0) is 6.54 Å². The molecule has 0 spiro atoms. The molecular weight excluding hydrogens is 220 g/mol. The highest BCUT2D eigenvalue weighted by Crippen LogP contribution is 2.15. The molecule has 0 aliphatic rings. The van der Waals surface area contributed by atoms with E-state index in [9.17, 15) is 0 Å². The maximum Gasteiger partial charge on any atom is 0.224 e. The Kier molecular flexibility index (Phi) is 2.64. The summed E-state index contributed by atoms with van der Waals surface area (Å²) in [5, 5.41) is 6.65. The van der Waals surface area contributed by atoms with Gasteiger partial charge in [0.2, 0.25) is 11.7 Å². The fourth-order valence-corrected chi connectivity index (χ4v) is 1.08. The molecule has 0 saturated carbocycles. The molecule has 2 aromatic heterocycles. The molecule has 2 heterocycles. The van der Waals surface area contributed by atoms with Crippen LogP contribution in [0.15, 0.2) is 17.1 Å². The van der Waals surface area contributed by atoms with Crippen molar-refractivity contribution in [3.63, 3.8) is 0 Å². The first-order valence-corrected chi connectivity index (χ1v) is 4.40. The van der Waals surface area contributed by atoms with Crippen LogP contribution in [0, 0.1) is 0 Å². The lowest BCUT2D eigenvalue weighted by Crippen LogP contribution is -2.06. The number of hydrogen-bond acceptors (Lipinski definition) is 7. The standard InChI is InChI=1S/C7H7ClN6O/c8-7-11-1-4(9)6(13-7)10-2-5-12-3-15-14-5/h1,3H,2,9H2,(H,10,11,13). The summed E-state index contributed by atoms with van der Waals surface area (Å²) in [4.78, 5) is 11.5. The fraction of sp³-hybridized carbons (Fsp3) is 0.143. The maximum absolute atomic E-state index is 5.62. The van der Waals surface area contributed by atoms with Crippen molar-refractivity contribution in [2.24, 2.45) is 0 Å². The van der Waals surface area contributed by atoms with Gasteiger partial charge in [0.25, 0.3) is 0 Å². The van der Waals surface area contributed by atoms with Crippen LogP contribution < -0.4 is 11.1 Å². The SMILES string of the molecule is Nc1cnc(Cl)nc1NCc1ncon1. The number of halogens is 1. The van der Waals surface area contributed by atoms with Gasteiger partial charge in [-0.2, -0.15) is 9.97 Å². The van der Waals surface area contributed by atoms with Crippen LogP contribution in [0.4, 0.5) is 11.5 Å². The lowest BCUT2D eigenvalue weighted by atomic mass is 10.4. The van der Waals surface area contributed by atoms with Gasteiger partial charge in [0.1, 0.15) is 0 Å². The van der Waals surface area contributed by atoms with Gasteiger partial charge < -0.3 is 15.6 Å². The smallest absolute Gasteiger partial charge is 0.224 e. The molecule has 7 nitrogen and oxygen atoms in total. The molecule has 0 unspecified atom stereocenters. The molecule has 0 aliphatic carbocycles. The molecule has 0 bridgehead atoms. The van der Waals surface area contributed by atoms with Gasteiger partial charge in [0, 0.05) is 0 Å². The average molecular weight is 227 g/mol. The Balaban J connectivity index is 2.07. The second kappa shape index (κ2) is 4.09. The van der Waals surface area contributed by atoms with Gasteiger partial charge in [-0.15, -0.1) is 0 Å². The number of nitrogens with zero attached hydrogens (tertiary/aromatic N) is 4. The highest BCUT2D eigenvalue weighted by Gasteiger charge is 2.04. The normalized spacial score (nSPS) is 10.2. The van der Waals surface area contributed by atoms with E-state index in [4.69, 9.17) is 17.3 Å². The number of nitrogen functional groups attached to an aromatic ring is 1. The lowest BCUT2D eigenvalue weighted by molar-refractivity contribution is 0.411. The van der Waals surface area contributed by atoms with E-state index in [1.54, 1.807) is 0 Å². The minimum atomic E-state index is 0.125. The summed E-state index contributed by atoms with van der Waals surface area (Å²) in [7, 11) is 0. The van der Waals surface area contributed by atoms with Crippen molar-refractivity contribution in [3.8, 4) is 0 Å². The molecule has 2 rings (SSSR count). The van der Waals surface area contributed by atoms with Gasteiger partial charge in [-0.05, 0) is 11.6 Å². The summed E-state index contributed by atoms with van der Waals surface area (Å²) in [6.07, 6.45) is 2.67. The van der Waals surface area contributed by atoms with E-state index >= 15 is 0 Å². The Hall–Kier alpha value is -1.89. The molecule has 0 aliphatic heterocycles. The van der Waals surface area contributed by atoms with Crippen LogP contribution in [-0.4, -0.2) is 20.1 Å². The van der Waals surface area contributed by atoms with Crippen LogP contribution in [0.5, 0.6) is 0 Å².